The van der Waals surface area contributed by atoms with Crippen molar-refractivity contribution in [1.82, 2.24) is 14.6 Å². The Morgan fingerprint density at radius 3 is 2.52 bits per heavy atom. The number of amides is 2. The molecule has 1 N–H and O–H groups in total. The first-order valence-electron chi connectivity index (χ1n) is 10.4. The van der Waals surface area contributed by atoms with E-state index in [4.69, 9.17) is 23.2 Å². The van der Waals surface area contributed by atoms with E-state index in [1.165, 1.54) is 22.3 Å². The lowest BCUT2D eigenvalue weighted by molar-refractivity contribution is 0.0967. The van der Waals surface area contributed by atoms with Gasteiger partial charge in [-0.25, -0.2) is 22.9 Å². The molecule has 1 saturated carbocycles. The van der Waals surface area contributed by atoms with Crippen LogP contribution in [0.15, 0.2) is 30.5 Å². The number of halogens is 2. The summed E-state index contributed by atoms with van der Waals surface area (Å²) in [5.74, 6) is 0.402. The van der Waals surface area contributed by atoms with Gasteiger partial charge in [-0.05, 0) is 37.1 Å². The molecule has 0 bridgehead atoms. The van der Waals surface area contributed by atoms with Gasteiger partial charge in [0.05, 0.1) is 15.1 Å². The van der Waals surface area contributed by atoms with Gasteiger partial charge in [0.1, 0.15) is 5.82 Å². The Labute approximate surface area is 206 Å². The van der Waals surface area contributed by atoms with Crippen LogP contribution in [0.4, 0.5) is 10.6 Å². The normalized spacial score (nSPS) is 16.9. The SMILES string of the molecule is O=C(c1cnc(N2CCN(C(=O)NS(=O)(=O)CC=Cc3ccc(Cl)s3)CC2)c(Cl)c1)C1CC1. The van der Waals surface area contributed by atoms with Gasteiger partial charge in [0, 0.05) is 48.7 Å². The Hall–Kier alpha value is -2.14. The van der Waals surface area contributed by atoms with Crippen LogP contribution in [0.1, 0.15) is 28.1 Å². The van der Waals surface area contributed by atoms with Gasteiger partial charge in [0.25, 0.3) is 0 Å². The zero-order chi connectivity index (χ0) is 23.6. The molecule has 0 atom stereocenters. The van der Waals surface area contributed by atoms with Crippen LogP contribution in [0.3, 0.4) is 0 Å². The summed E-state index contributed by atoms with van der Waals surface area (Å²) in [7, 11) is -3.82. The first-order chi connectivity index (χ1) is 15.7. The van der Waals surface area contributed by atoms with Crippen molar-refractivity contribution in [3.63, 3.8) is 0 Å². The summed E-state index contributed by atoms with van der Waals surface area (Å²) in [6.45, 7) is 1.50. The van der Waals surface area contributed by atoms with E-state index < -0.39 is 16.1 Å². The molecule has 2 fully saturated rings. The first-order valence-corrected chi connectivity index (χ1v) is 13.6. The first kappa shape index (κ1) is 24.0. The summed E-state index contributed by atoms with van der Waals surface area (Å²) >= 11 is 13.6. The number of carbonyl (C=O) groups excluding carboxylic acids is 2. The fourth-order valence-corrected chi connectivity index (χ4v) is 5.55. The number of hydrogen-bond acceptors (Lipinski definition) is 7. The predicted octanol–water partition coefficient (Wildman–Crippen LogP) is 3.92. The maximum Gasteiger partial charge on any atom is 0.331 e. The number of urea groups is 1. The topological polar surface area (TPSA) is 99.7 Å². The van der Waals surface area contributed by atoms with E-state index in [-0.39, 0.29) is 17.5 Å². The molecule has 0 aromatic carbocycles. The Balaban J connectivity index is 1.28. The van der Waals surface area contributed by atoms with Crippen molar-refractivity contribution in [2.24, 2.45) is 5.92 Å². The maximum atomic E-state index is 12.4. The Morgan fingerprint density at radius 1 is 1.18 bits per heavy atom. The molecule has 0 spiro atoms. The second-order valence-corrected chi connectivity index (χ2v) is 11.8. The average molecular weight is 529 g/mol. The summed E-state index contributed by atoms with van der Waals surface area (Å²) < 4.78 is 27.2. The van der Waals surface area contributed by atoms with Crippen LogP contribution in [0.5, 0.6) is 0 Å². The third-order valence-electron chi connectivity index (χ3n) is 5.36. The number of anilines is 1. The molecular weight excluding hydrogens is 507 g/mol. The van der Waals surface area contributed by atoms with Crippen LogP contribution in [-0.4, -0.2) is 62.0 Å². The van der Waals surface area contributed by atoms with E-state index in [0.717, 1.165) is 17.7 Å². The third kappa shape index (κ3) is 6.26. The van der Waals surface area contributed by atoms with Gasteiger partial charge in [0.2, 0.25) is 10.0 Å². The molecule has 4 rings (SSSR count). The summed E-state index contributed by atoms with van der Waals surface area (Å²) in [5.41, 5.74) is 0.519. The van der Waals surface area contributed by atoms with E-state index in [1.807, 2.05) is 4.90 Å². The maximum absolute atomic E-state index is 12.4. The number of sulfonamides is 1. The number of pyridine rings is 1. The number of rotatable bonds is 7. The molecular formula is C21H22Cl2N4O4S2. The lowest BCUT2D eigenvalue weighted by Gasteiger charge is -2.35. The van der Waals surface area contributed by atoms with Crippen molar-refractivity contribution in [1.29, 1.82) is 0 Å². The largest absolute Gasteiger partial charge is 0.352 e. The van der Waals surface area contributed by atoms with Crippen LogP contribution < -0.4 is 9.62 Å². The number of piperazine rings is 1. The molecule has 2 aromatic rings. The molecule has 176 valence electrons. The zero-order valence-corrected chi connectivity index (χ0v) is 20.7. The van der Waals surface area contributed by atoms with Crippen molar-refractivity contribution in [2.45, 2.75) is 12.8 Å². The highest BCUT2D eigenvalue weighted by molar-refractivity contribution is 7.90. The molecule has 33 heavy (non-hydrogen) atoms. The van der Waals surface area contributed by atoms with Crippen molar-refractivity contribution in [2.75, 3.05) is 36.8 Å². The highest BCUT2D eigenvalue weighted by Gasteiger charge is 2.31. The minimum absolute atomic E-state index is 0.0766. The minimum Gasteiger partial charge on any atom is -0.352 e. The highest BCUT2D eigenvalue weighted by atomic mass is 35.5. The average Bonchev–Trinajstić information content (AvgIpc) is 3.54. The lowest BCUT2D eigenvalue weighted by Crippen LogP contribution is -2.53. The number of thiophene rings is 1. The molecule has 2 aliphatic rings. The van der Waals surface area contributed by atoms with Crippen molar-refractivity contribution in [3.8, 4) is 0 Å². The Morgan fingerprint density at radius 2 is 1.91 bits per heavy atom. The second kappa shape index (κ2) is 10.0. The van der Waals surface area contributed by atoms with Crippen molar-refractivity contribution < 1.29 is 18.0 Å². The van der Waals surface area contributed by atoms with Gasteiger partial charge in [0.15, 0.2) is 5.78 Å². The third-order valence-corrected chi connectivity index (χ3v) is 7.95. The number of hydrogen-bond donors (Lipinski definition) is 1. The van der Waals surface area contributed by atoms with Gasteiger partial charge in [-0.1, -0.05) is 29.3 Å². The van der Waals surface area contributed by atoms with Crippen LogP contribution in [0.2, 0.25) is 9.36 Å². The fourth-order valence-electron chi connectivity index (χ4n) is 3.45. The fraction of sp³-hybridized carbons (Fsp3) is 0.381. The highest BCUT2D eigenvalue weighted by Crippen LogP contribution is 2.34. The van der Waals surface area contributed by atoms with E-state index >= 15 is 0 Å². The number of aromatic nitrogens is 1. The molecule has 3 heterocycles. The number of nitrogens with zero attached hydrogens (tertiary/aromatic N) is 3. The molecule has 1 aliphatic heterocycles. The van der Waals surface area contributed by atoms with Crippen LogP contribution >= 0.6 is 34.5 Å². The minimum atomic E-state index is -3.82. The molecule has 1 saturated heterocycles. The van der Waals surface area contributed by atoms with E-state index in [2.05, 4.69) is 9.71 Å². The molecule has 12 heteroatoms. The number of ketones is 1. The molecule has 8 nitrogen and oxygen atoms in total. The molecule has 2 amide bonds. The molecule has 0 radical (unpaired) electrons. The predicted molar refractivity (Wildman–Crippen MR) is 131 cm³/mol. The van der Waals surface area contributed by atoms with Gasteiger partial charge < -0.3 is 9.80 Å². The van der Waals surface area contributed by atoms with Crippen molar-refractivity contribution >= 4 is 68.3 Å². The van der Waals surface area contributed by atoms with Crippen LogP contribution in [-0.2, 0) is 10.0 Å². The number of carbonyl (C=O) groups is 2. The van der Waals surface area contributed by atoms with Crippen LogP contribution in [0, 0.1) is 5.92 Å². The summed E-state index contributed by atoms with van der Waals surface area (Å²) in [6.07, 6.45) is 6.50. The van der Waals surface area contributed by atoms with Gasteiger partial charge in [-0.3, -0.25) is 4.79 Å². The lowest BCUT2D eigenvalue weighted by atomic mass is 10.1. The van der Waals surface area contributed by atoms with Gasteiger partial charge >= 0.3 is 6.03 Å². The molecule has 2 aromatic heterocycles. The second-order valence-electron chi connectivity index (χ2n) is 7.87. The quantitative estimate of drug-likeness (QED) is 0.546. The summed E-state index contributed by atoms with van der Waals surface area (Å²) in [6, 6.07) is 4.50. The molecule has 1 aliphatic carbocycles. The standard InChI is InChI=1S/C21H22Cl2N4O4S2/c22-17-12-15(19(28)14-3-4-14)13-24-20(17)26-7-9-27(10-8-26)21(29)25-33(30,31)11-1-2-16-5-6-18(23)32-16/h1-2,5-6,12-14H,3-4,7-11H2,(H,25,29). The zero-order valence-electron chi connectivity index (χ0n) is 17.5. The number of Topliss-reactive ketones (excluding diaryl/α,β-unsaturated/α-hetero) is 1. The van der Waals surface area contributed by atoms with Gasteiger partial charge in [-0.2, -0.15) is 0 Å². The number of nitrogens with one attached hydrogen (secondary N) is 1. The van der Waals surface area contributed by atoms with E-state index in [1.54, 1.807) is 30.5 Å². The van der Waals surface area contributed by atoms with Crippen molar-refractivity contribution in [3.05, 3.63) is 50.3 Å². The van der Waals surface area contributed by atoms with Gasteiger partial charge in [-0.15, -0.1) is 11.3 Å². The Kier molecular flexibility index (Phi) is 7.28. The molecule has 0 unspecified atom stereocenters. The van der Waals surface area contributed by atoms with E-state index in [0.29, 0.717) is 46.9 Å². The monoisotopic (exact) mass is 528 g/mol. The smallest absolute Gasteiger partial charge is 0.331 e. The summed E-state index contributed by atoms with van der Waals surface area (Å²) in [5, 5.41) is 0.390. The van der Waals surface area contributed by atoms with E-state index in [9.17, 15) is 18.0 Å². The Bertz CT molecular complexity index is 1190. The van der Waals surface area contributed by atoms with Crippen LogP contribution in [0.25, 0.3) is 6.08 Å². The summed E-state index contributed by atoms with van der Waals surface area (Å²) in [4.78, 5) is 33.2.